The van der Waals surface area contributed by atoms with Gasteiger partial charge in [-0.2, -0.15) is 0 Å². The Balaban J connectivity index is 2.37. The highest BCUT2D eigenvalue weighted by Gasteiger charge is 2.29. The first kappa shape index (κ1) is 13.9. The Morgan fingerprint density at radius 2 is 1.94 bits per heavy atom. The van der Waals surface area contributed by atoms with Crippen molar-refractivity contribution in [2.24, 2.45) is 0 Å². The number of nitrogens with zero attached hydrogens (tertiary/aromatic N) is 1. The molecule has 0 aliphatic carbocycles. The quantitative estimate of drug-likeness (QED) is 0.621. The fourth-order valence-corrected chi connectivity index (χ4v) is 2.20. The molecule has 0 aromatic rings. The van der Waals surface area contributed by atoms with Crippen molar-refractivity contribution in [3.05, 3.63) is 0 Å². The molecule has 0 aromatic carbocycles. The van der Waals surface area contributed by atoms with Crippen LogP contribution < -0.4 is 0 Å². The van der Waals surface area contributed by atoms with Gasteiger partial charge in [0.25, 0.3) is 0 Å². The van der Waals surface area contributed by atoms with Crippen molar-refractivity contribution in [1.82, 2.24) is 4.90 Å². The van der Waals surface area contributed by atoms with Crippen LogP contribution in [0, 0.1) is 0 Å². The molecule has 1 aliphatic rings. The lowest BCUT2D eigenvalue weighted by Gasteiger charge is -2.29. The second-order valence-electron chi connectivity index (χ2n) is 4.21. The van der Waals surface area contributed by atoms with Gasteiger partial charge in [0.2, 0.25) is 0 Å². The second-order valence-corrected chi connectivity index (χ2v) is 4.21. The average Bonchev–Trinajstić information content (AvgIpc) is 2.65. The Morgan fingerprint density at radius 3 is 2.38 bits per heavy atom. The van der Waals surface area contributed by atoms with E-state index in [4.69, 9.17) is 14.2 Å². The van der Waals surface area contributed by atoms with Gasteiger partial charge in [-0.25, -0.2) is 0 Å². The minimum absolute atomic E-state index is 0.118. The van der Waals surface area contributed by atoms with Crippen LogP contribution in [-0.2, 0) is 14.2 Å². The van der Waals surface area contributed by atoms with Gasteiger partial charge >= 0.3 is 0 Å². The smallest absolute Gasteiger partial charge is 0.170 e. The third-order valence-electron chi connectivity index (χ3n) is 3.04. The zero-order valence-corrected chi connectivity index (χ0v) is 10.9. The summed E-state index contributed by atoms with van der Waals surface area (Å²) < 4.78 is 16.7. The first-order chi connectivity index (χ1) is 7.69. The molecule has 2 unspecified atom stereocenters. The Bertz CT molecular complexity index is 183. The van der Waals surface area contributed by atoms with Crippen molar-refractivity contribution >= 4 is 0 Å². The fourth-order valence-electron chi connectivity index (χ4n) is 2.20. The molecule has 96 valence electrons. The summed E-state index contributed by atoms with van der Waals surface area (Å²) in [6.07, 6.45) is 1.30. The molecular formula is C12H25NO3. The Hall–Kier alpha value is -0.160. The first-order valence-electron chi connectivity index (χ1n) is 6.24. The maximum atomic E-state index is 5.56. The van der Waals surface area contributed by atoms with Gasteiger partial charge in [0, 0.05) is 32.4 Å². The minimum atomic E-state index is -0.118. The SMILES string of the molecule is CCOC(CN(C)C1CCOC1C)OCC. The summed E-state index contributed by atoms with van der Waals surface area (Å²) in [4.78, 5) is 2.29. The van der Waals surface area contributed by atoms with E-state index in [-0.39, 0.29) is 6.29 Å². The normalized spacial score (nSPS) is 25.9. The van der Waals surface area contributed by atoms with Gasteiger partial charge < -0.3 is 14.2 Å². The summed E-state index contributed by atoms with van der Waals surface area (Å²) in [5.74, 6) is 0. The number of likely N-dealkylation sites (N-methyl/N-ethyl adjacent to an activating group) is 1. The van der Waals surface area contributed by atoms with Crippen LogP contribution in [0.25, 0.3) is 0 Å². The molecule has 0 aromatic heterocycles. The molecule has 4 nitrogen and oxygen atoms in total. The molecule has 2 atom stereocenters. The topological polar surface area (TPSA) is 30.9 Å². The third-order valence-corrected chi connectivity index (χ3v) is 3.04. The number of hydrogen-bond donors (Lipinski definition) is 0. The van der Waals surface area contributed by atoms with E-state index >= 15 is 0 Å². The van der Waals surface area contributed by atoms with E-state index in [9.17, 15) is 0 Å². The molecule has 0 N–H and O–H groups in total. The lowest BCUT2D eigenvalue weighted by atomic mass is 10.1. The van der Waals surface area contributed by atoms with Crippen LogP contribution >= 0.6 is 0 Å². The molecule has 0 spiro atoms. The van der Waals surface area contributed by atoms with Gasteiger partial charge in [-0.05, 0) is 34.2 Å². The van der Waals surface area contributed by atoms with Gasteiger partial charge in [-0.15, -0.1) is 0 Å². The summed E-state index contributed by atoms with van der Waals surface area (Å²) in [6.45, 7) is 9.17. The lowest BCUT2D eigenvalue weighted by molar-refractivity contribution is -0.149. The molecule has 16 heavy (non-hydrogen) atoms. The van der Waals surface area contributed by atoms with Gasteiger partial charge in [0.1, 0.15) is 0 Å². The largest absolute Gasteiger partial charge is 0.377 e. The van der Waals surface area contributed by atoms with Crippen LogP contribution in [0.15, 0.2) is 0 Å². The van der Waals surface area contributed by atoms with Crippen LogP contribution in [0.1, 0.15) is 27.2 Å². The van der Waals surface area contributed by atoms with E-state index in [2.05, 4.69) is 18.9 Å². The van der Waals surface area contributed by atoms with Gasteiger partial charge in [0.05, 0.1) is 6.10 Å². The van der Waals surface area contributed by atoms with Crippen LogP contribution in [0.4, 0.5) is 0 Å². The molecule has 0 bridgehead atoms. The Morgan fingerprint density at radius 1 is 1.31 bits per heavy atom. The van der Waals surface area contributed by atoms with Gasteiger partial charge in [-0.3, -0.25) is 4.90 Å². The van der Waals surface area contributed by atoms with Crippen molar-refractivity contribution in [2.45, 2.75) is 45.6 Å². The van der Waals surface area contributed by atoms with Crippen molar-refractivity contribution < 1.29 is 14.2 Å². The Kier molecular flexibility index (Phi) is 6.28. The number of rotatable bonds is 7. The predicted molar refractivity (Wildman–Crippen MR) is 63.5 cm³/mol. The zero-order valence-electron chi connectivity index (χ0n) is 10.9. The van der Waals surface area contributed by atoms with Gasteiger partial charge in [0.15, 0.2) is 6.29 Å². The minimum Gasteiger partial charge on any atom is -0.377 e. The fraction of sp³-hybridized carbons (Fsp3) is 1.00. The average molecular weight is 231 g/mol. The molecule has 0 saturated carbocycles. The molecule has 1 saturated heterocycles. The van der Waals surface area contributed by atoms with Crippen LogP contribution in [-0.4, -0.2) is 56.7 Å². The van der Waals surface area contributed by atoms with E-state index in [0.717, 1.165) is 19.6 Å². The standard InChI is InChI=1S/C12H25NO3/c1-5-14-12(15-6-2)9-13(4)11-7-8-16-10(11)3/h10-12H,5-9H2,1-4H3. The third kappa shape index (κ3) is 4.01. The summed E-state index contributed by atoms with van der Waals surface area (Å²) in [5.41, 5.74) is 0. The number of ether oxygens (including phenoxy) is 3. The molecule has 1 rings (SSSR count). The van der Waals surface area contributed by atoms with E-state index in [1.807, 2.05) is 13.8 Å². The maximum Gasteiger partial charge on any atom is 0.170 e. The summed E-state index contributed by atoms with van der Waals surface area (Å²) in [6, 6.07) is 0.489. The number of hydrogen-bond acceptors (Lipinski definition) is 4. The molecule has 1 fully saturated rings. The highest BCUT2D eigenvalue weighted by atomic mass is 16.7. The summed E-state index contributed by atoms with van der Waals surface area (Å²) in [7, 11) is 2.11. The van der Waals surface area contributed by atoms with Crippen molar-refractivity contribution in [1.29, 1.82) is 0 Å². The lowest BCUT2D eigenvalue weighted by Crippen LogP contribution is -2.42. The molecular weight excluding hydrogens is 206 g/mol. The molecule has 4 heteroatoms. The molecule has 0 radical (unpaired) electrons. The van der Waals surface area contributed by atoms with E-state index < -0.39 is 0 Å². The summed E-state index contributed by atoms with van der Waals surface area (Å²) >= 11 is 0. The van der Waals surface area contributed by atoms with E-state index in [0.29, 0.717) is 25.4 Å². The monoisotopic (exact) mass is 231 g/mol. The Labute approximate surface area is 98.8 Å². The molecule has 1 aliphatic heterocycles. The molecule has 1 heterocycles. The zero-order chi connectivity index (χ0) is 12.0. The summed E-state index contributed by atoms with van der Waals surface area (Å²) in [5, 5.41) is 0. The highest BCUT2D eigenvalue weighted by molar-refractivity contribution is 4.80. The highest BCUT2D eigenvalue weighted by Crippen LogP contribution is 2.18. The predicted octanol–water partition coefficient (Wildman–Crippen LogP) is 1.49. The first-order valence-corrected chi connectivity index (χ1v) is 6.24. The van der Waals surface area contributed by atoms with E-state index in [1.165, 1.54) is 0 Å². The van der Waals surface area contributed by atoms with Crippen molar-refractivity contribution in [2.75, 3.05) is 33.4 Å². The van der Waals surface area contributed by atoms with Crippen LogP contribution in [0.5, 0.6) is 0 Å². The maximum absolute atomic E-state index is 5.56. The molecule has 0 amide bonds. The van der Waals surface area contributed by atoms with Crippen LogP contribution in [0.3, 0.4) is 0 Å². The second kappa shape index (κ2) is 7.22. The van der Waals surface area contributed by atoms with Gasteiger partial charge in [-0.1, -0.05) is 0 Å². The van der Waals surface area contributed by atoms with Crippen molar-refractivity contribution in [3.8, 4) is 0 Å². The van der Waals surface area contributed by atoms with Crippen molar-refractivity contribution in [3.63, 3.8) is 0 Å². The van der Waals surface area contributed by atoms with Crippen LogP contribution in [0.2, 0.25) is 0 Å². The van der Waals surface area contributed by atoms with E-state index in [1.54, 1.807) is 0 Å².